The van der Waals surface area contributed by atoms with Crippen molar-refractivity contribution in [2.45, 2.75) is 19.1 Å². The van der Waals surface area contributed by atoms with Crippen LogP contribution in [0.4, 0.5) is 0 Å². The number of primary sulfonamides is 1. The summed E-state index contributed by atoms with van der Waals surface area (Å²) in [5, 5.41) is 3.99. The van der Waals surface area contributed by atoms with Crippen molar-refractivity contribution in [1.29, 1.82) is 0 Å². The zero-order chi connectivity index (χ0) is 14.5. The summed E-state index contributed by atoms with van der Waals surface area (Å²) in [6, 6.07) is 6.59. The second-order valence-corrected chi connectivity index (χ2v) is 5.91. The van der Waals surface area contributed by atoms with E-state index in [1.54, 1.807) is 31.2 Å². The molecular weight excluding hydrogens is 270 g/mol. The van der Waals surface area contributed by atoms with Gasteiger partial charge in [-0.25, -0.2) is 18.4 Å². The maximum atomic E-state index is 11.8. The number of hydrogen-bond donors (Lipinski definition) is 1. The number of para-hydroxylation sites is 1. The van der Waals surface area contributed by atoms with E-state index >= 15 is 0 Å². The average molecular weight is 287 g/mol. The van der Waals surface area contributed by atoms with Crippen LogP contribution in [0.25, 0.3) is 0 Å². The Morgan fingerprint density at radius 3 is 2.58 bits per heavy atom. The van der Waals surface area contributed by atoms with Crippen LogP contribution in [0.5, 0.6) is 5.75 Å². The lowest BCUT2D eigenvalue weighted by atomic mass is 10.2. The van der Waals surface area contributed by atoms with E-state index in [4.69, 9.17) is 14.6 Å². The number of carbonyl (C=O) groups excluding carboxylic acids is 1. The molecule has 0 radical (unpaired) electrons. The second-order valence-electron chi connectivity index (χ2n) is 3.93. The maximum Gasteiger partial charge on any atom is 0.341 e. The first-order chi connectivity index (χ1) is 8.86. The number of rotatable bonds is 6. The number of esters is 1. The fourth-order valence-corrected chi connectivity index (χ4v) is 1.54. The molecule has 1 aromatic rings. The van der Waals surface area contributed by atoms with Gasteiger partial charge in [-0.05, 0) is 26.0 Å². The van der Waals surface area contributed by atoms with E-state index in [1.807, 2.05) is 0 Å². The van der Waals surface area contributed by atoms with Gasteiger partial charge in [0.15, 0.2) is 0 Å². The largest absolute Gasteiger partial charge is 0.493 e. The highest BCUT2D eigenvalue weighted by molar-refractivity contribution is 7.89. The van der Waals surface area contributed by atoms with Crippen LogP contribution < -0.4 is 9.88 Å². The molecule has 0 aliphatic heterocycles. The fraction of sp³-hybridized carbons (Fsp3) is 0.417. The third-order valence-electron chi connectivity index (χ3n) is 2.42. The third kappa shape index (κ3) is 4.53. The summed E-state index contributed by atoms with van der Waals surface area (Å²) in [4.78, 5) is 11.8. The topological polar surface area (TPSA) is 95.7 Å². The molecule has 7 heteroatoms. The molecule has 6 nitrogen and oxygen atoms in total. The van der Waals surface area contributed by atoms with E-state index in [1.165, 1.54) is 6.92 Å². The van der Waals surface area contributed by atoms with E-state index in [2.05, 4.69) is 0 Å². The molecule has 0 aliphatic rings. The highest BCUT2D eigenvalue weighted by atomic mass is 32.2. The van der Waals surface area contributed by atoms with Crippen LogP contribution in [-0.2, 0) is 14.8 Å². The van der Waals surface area contributed by atoms with Crippen molar-refractivity contribution in [3.05, 3.63) is 29.8 Å². The number of hydrogen-bond acceptors (Lipinski definition) is 5. The van der Waals surface area contributed by atoms with Crippen LogP contribution in [-0.4, -0.2) is 32.9 Å². The molecule has 0 bridgehead atoms. The van der Waals surface area contributed by atoms with Gasteiger partial charge >= 0.3 is 5.97 Å². The molecule has 0 aromatic heterocycles. The predicted octanol–water partition coefficient (Wildman–Crippen LogP) is 0.919. The van der Waals surface area contributed by atoms with Gasteiger partial charge in [-0.1, -0.05) is 12.1 Å². The minimum Gasteiger partial charge on any atom is -0.493 e. The Bertz CT molecular complexity index is 541. The van der Waals surface area contributed by atoms with Crippen molar-refractivity contribution < 1.29 is 22.7 Å². The first kappa shape index (κ1) is 15.5. The molecule has 0 heterocycles. The lowest BCUT2D eigenvalue weighted by Gasteiger charge is -2.12. The molecule has 2 N–H and O–H groups in total. The first-order valence-electron chi connectivity index (χ1n) is 5.76. The van der Waals surface area contributed by atoms with Gasteiger partial charge in [-0.3, -0.25) is 0 Å². The van der Waals surface area contributed by atoms with E-state index in [9.17, 15) is 13.2 Å². The molecule has 106 valence electrons. The molecule has 0 saturated carbocycles. The number of sulfonamides is 1. The molecule has 0 fully saturated rings. The minimum atomic E-state index is -3.71. The number of benzene rings is 1. The van der Waals surface area contributed by atoms with Gasteiger partial charge in [0.25, 0.3) is 0 Å². The maximum absolute atomic E-state index is 11.8. The summed E-state index contributed by atoms with van der Waals surface area (Å²) in [6.45, 7) is 3.29. The molecule has 0 saturated heterocycles. The Labute approximate surface area is 112 Å². The highest BCUT2D eigenvalue weighted by Gasteiger charge is 2.20. The van der Waals surface area contributed by atoms with Gasteiger partial charge in [-0.2, -0.15) is 0 Å². The Balaban J connectivity index is 2.74. The number of ether oxygens (including phenoxy) is 2. The Kier molecular flexibility index (Phi) is 5.31. The summed E-state index contributed by atoms with van der Waals surface area (Å²) in [7, 11) is -3.71. The molecule has 1 rings (SSSR count). The Morgan fingerprint density at radius 1 is 1.37 bits per heavy atom. The van der Waals surface area contributed by atoms with Gasteiger partial charge in [0, 0.05) is 0 Å². The lowest BCUT2D eigenvalue weighted by molar-refractivity contribution is 0.0504. The molecule has 1 aromatic carbocycles. The van der Waals surface area contributed by atoms with Crippen molar-refractivity contribution in [3.8, 4) is 5.75 Å². The molecule has 0 spiro atoms. The van der Waals surface area contributed by atoms with E-state index in [0.29, 0.717) is 12.4 Å². The predicted molar refractivity (Wildman–Crippen MR) is 70.5 cm³/mol. The molecule has 0 aliphatic carbocycles. The summed E-state index contributed by atoms with van der Waals surface area (Å²) in [6.07, 6.45) is 0. The van der Waals surface area contributed by atoms with Crippen LogP contribution in [0.1, 0.15) is 24.2 Å². The summed E-state index contributed by atoms with van der Waals surface area (Å²) in [5.74, 6) is -0.238. The van der Waals surface area contributed by atoms with Crippen molar-refractivity contribution in [2.24, 2.45) is 5.14 Å². The van der Waals surface area contributed by atoms with Gasteiger partial charge < -0.3 is 9.47 Å². The van der Waals surface area contributed by atoms with Crippen LogP contribution in [0, 0.1) is 0 Å². The smallest absolute Gasteiger partial charge is 0.341 e. The van der Waals surface area contributed by atoms with Crippen LogP contribution in [0.2, 0.25) is 0 Å². The SMILES string of the molecule is CCOc1ccccc1C(=O)OCC(C)S(N)(=O)=O. The first-order valence-corrected chi connectivity index (χ1v) is 7.37. The van der Waals surface area contributed by atoms with Gasteiger partial charge in [0.2, 0.25) is 10.0 Å². The fourth-order valence-electron chi connectivity index (χ4n) is 1.28. The average Bonchev–Trinajstić information content (AvgIpc) is 2.35. The third-order valence-corrected chi connectivity index (χ3v) is 3.67. The Morgan fingerprint density at radius 2 is 2.00 bits per heavy atom. The molecule has 0 amide bonds. The summed E-state index contributed by atoms with van der Waals surface area (Å²) in [5.41, 5.74) is 0.256. The second kappa shape index (κ2) is 6.53. The number of carbonyl (C=O) groups is 1. The van der Waals surface area contributed by atoms with Crippen molar-refractivity contribution in [2.75, 3.05) is 13.2 Å². The molecule has 1 atom stereocenters. The van der Waals surface area contributed by atoms with E-state index in [0.717, 1.165) is 0 Å². The minimum absolute atomic E-state index is 0.256. The zero-order valence-corrected chi connectivity index (χ0v) is 11.6. The molecule has 19 heavy (non-hydrogen) atoms. The quantitative estimate of drug-likeness (QED) is 0.785. The van der Waals surface area contributed by atoms with Crippen LogP contribution in [0.15, 0.2) is 24.3 Å². The van der Waals surface area contributed by atoms with Crippen molar-refractivity contribution in [3.63, 3.8) is 0 Å². The van der Waals surface area contributed by atoms with Gasteiger partial charge in [0.1, 0.15) is 23.2 Å². The van der Waals surface area contributed by atoms with Crippen molar-refractivity contribution >= 4 is 16.0 Å². The van der Waals surface area contributed by atoms with Crippen LogP contribution >= 0.6 is 0 Å². The Hall–Kier alpha value is -1.60. The highest BCUT2D eigenvalue weighted by Crippen LogP contribution is 2.19. The standard InChI is InChI=1S/C12H17NO5S/c1-3-17-11-7-5-4-6-10(11)12(14)18-8-9(2)19(13,15)16/h4-7,9H,3,8H2,1-2H3,(H2,13,15,16). The van der Waals surface area contributed by atoms with E-state index in [-0.39, 0.29) is 12.2 Å². The zero-order valence-electron chi connectivity index (χ0n) is 10.8. The van der Waals surface area contributed by atoms with Crippen molar-refractivity contribution in [1.82, 2.24) is 0 Å². The van der Waals surface area contributed by atoms with E-state index < -0.39 is 21.2 Å². The van der Waals surface area contributed by atoms with Gasteiger partial charge in [-0.15, -0.1) is 0 Å². The summed E-state index contributed by atoms with van der Waals surface area (Å²) >= 11 is 0. The van der Waals surface area contributed by atoms with Gasteiger partial charge in [0.05, 0.1) is 6.61 Å². The normalized spacial score (nSPS) is 12.8. The molecule has 1 unspecified atom stereocenters. The number of nitrogens with two attached hydrogens (primary N) is 1. The molecular formula is C12H17NO5S. The lowest BCUT2D eigenvalue weighted by Crippen LogP contribution is -2.30. The monoisotopic (exact) mass is 287 g/mol. The van der Waals surface area contributed by atoms with Crippen LogP contribution in [0.3, 0.4) is 0 Å². The summed E-state index contributed by atoms with van der Waals surface area (Å²) < 4.78 is 32.2.